The zero-order chi connectivity index (χ0) is 23.3. The van der Waals surface area contributed by atoms with Crippen LogP contribution in [0, 0.1) is 0 Å². The number of nitrogens with one attached hydrogen (secondary N) is 2. The Morgan fingerprint density at radius 1 is 0.875 bits per heavy atom. The summed E-state index contributed by atoms with van der Waals surface area (Å²) in [7, 11) is 1.55. The van der Waals surface area contributed by atoms with Crippen LogP contribution in [-0.4, -0.2) is 29.9 Å². The molecule has 2 aromatic carbocycles. The predicted molar refractivity (Wildman–Crippen MR) is 120 cm³/mol. The topological polar surface area (TPSA) is 101 Å². The van der Waals surface area contributed by atoms with Crippen molar-refractivity contribution in [2.75, 3.05) is 17.7 Å². The summed E-state index contributed by atoms with van der Waals surface area (Å²) < 4.78 is 11.4. The Labute approximate surface area is 186 Å². The molecule has 0 saturated heterocycles. The molecule has 0 aliphatic carbocycles. The molecule has 3 rings (SSSR count). The van der Waals surface area contributed by atoms with Gasteiger partial charge in [-0.2, -0.15) is 0 Å². The van der Waals surface area contributed by atoms with E-state index in [1.165, 1.54) is 12.4 Å². The second-order valence-electron chi connectivity index (χ2n) is 8.04. The highest BCUT2D eigenvalue weighted by Crippen LogP contribution is 2.30. The highest BCUT2D eigenvalue weighted by atomic mass is 16.6. The number of benzene rings is 2. The van der Waals surface area contributed by atoms with E-state index in [9.17, 15) is 14.8 Å². The number of methoxy groups -OCH3 is 1. The second kappa shape index (κ2) is 9.38. The SMILES string of the molecule is COc1ccc(C(=O)Nc2cc(-c3cc[n+](O)cc3)ccc2NC(=O)OC(C)(C)C)cc1. The average Bonchev–Trinajstić information content (AvgIpc) is 2.74. The first kappa shape index (κ1) is 22.6. The lowest BCUT2D eigenvalue weighted by Crippen LogP contribution is -2.28. The summed E-state index contributed by atoms with van der Waals surface area (Å²) in [5.74, 6) is 0.291. The number of amides is 2. The number of carbonyl (C=O) groups is 2. The third kappa shape index (κ3) is 5.98. The molecule has 1 aromatic heterocycles. The highest BCUT2D eigenvalue weighted by Gasteiger charge is 2.19. The maximum absolute atomic E-state index is 12.8. The van der Waals surface area contributed by atoms with Gasteiger partial charge in [0.1, 0.15) is 11.4 Å². The molecule has 0 fully saturated rings. The van der Waals surface area contributed by atoms with Gasteiger partial charge in [0, 0.05) is 22.4 Å². The number of aromatic nitrogens is 1. The van der Waals surface area contributed by atoms with Gasteiger partial charge in [-0.05, 0) is 68.3 Å². The van der Waals surface area contributed by atoms with Crippen molar-refractivity contribution in [2.45, 2.75) is 26.4 Å². The van der Waals surface area contributed by atoms with E-state index in [2.05, 4.69) is 10.6 Å². The van der Waals surface area contributed by atoms with E-state index in [1.807, 2.05) is 0 Å². The van der Waals surface area contributed by atoms with Crippen molar-refractivity contribution in [3.05, 3.63) is 72.6 Å². The van der Waals surface area contributed by atoms with E-state index < -0.39 is 11.7 Å². The lowest BCUT2D eigenvalue weighted by atomic mass is 10.1. The third-order valence-corrected chi connectivity index (χ3v) is 4.40. The van der Waals surface area contributed by atoms with Crippen molar-refractivity contribution < 1.29 is 29.0 Å². The van der Waals surface area contributed by atoms with Gasteiger partial charge in [-0.25, -0.2) is 4.79 Å². The second-order valence-corrected chi connectivity index (χ2v) is 8.04. The molecular weight excluding hydrogens is 410 g/mol. The van der Waals surface area contributed by atoms with Gasteiger partial charge >= 0.3 is 6.09 Å². The standard InChI is InChI=1S/C24H25N3O5/c1-24(2,3)32-23(29)26-20-10-7-18(16-11-13-27(30)14-12-16)15-21(20)25-22(28)17-5-8-19(31-4)9-6-17/h5-15,30H,1-4H3,(H,25,28)/p+1. The van der Waals surface area contributed by atoms with Crippen LogP contribution >= 0.6 is 0 Å². The first-order chi connectivity index (χ1) is 15.1. The number of anilines is 2. The first-order valence-corrected chi connectivity index (χ1v) is 9.95. The molecule has 0 aliphatic rings. The maximum Gasteiger partial charge on any atom is 0.412 e. The summed E-state index contributed by atoms with van der Waals surface area (Å²) in [6, 6.07) is 15.4. The average molecular weight is 436 g/mol. The summed E-state index contributed by atoms with van der Waals surface area (Å²) in [6.45, 7) is 5.31. The summed E-state index contributed by atoms with van der Waals surface area (Å²) in [4.78, 5) is 25.1. The number of carbonyl (C=O) groups excluding carboxylic acids is 2. The fraction of sp³-hybridized carbons (Fsp3) is 0.208. The summed E-state index contributed by atoms with van der Waals surface area (Å²) >= 11 is 0. The minimum Gasteiger partial charge on any atom is -0.497 e. The summed E-state index contributed by atoms with van der Waals surface area (Å²) in [6.07, 6.45) is 2.36. The molecule has 166 valence electrons. The lowest BCUT2D eigenvalue weighted by molar-refractivity contribution is -0.904. The first-order valence-electron chi connectivity index (χ1n) is 9.95. The van der Waals surface area contributed by atoms with Crippen molar-refractivity contribution >= 4 is 23.4 Å². The Morgan fingerprint density at radius 3 is 2.12 bits per heavy atom. The summed E-state index contributed by atoms with van der Waals surface area (Å²) in [5.41, 5.74) is 2.15. The molecule has 0 spiro atoms. The number of ether oxygens (including phenoxy) is 2. The number of hydrogen-bond acceptors (Lipinski definition) is 5. The fourth-order valence-electron chi connectivity index (χ4n) is 2.90. The quantitative estimate of drug-likeness (QED) is 0.404. The monoisotopic (exact) mass is 436 g/mol. The van der Waals surface area contributed by atoms with Gasteiger partial charge < -0.3 is 14.8 Å². The van der Waals surface area contributed by atoms with Gasteiger partial charge in [0.2, 0.25) is 12.4 Å². The van der Waals surface area contributed by atoms with Gasteiger partial charge in [0.05, 0.1) is 18.5 Å². The third-order valence-electron chi connectivity index (χ3n) is 4.40. The zero-order valence-corrected chi connectivity index (χ0v) is 18.4. The smallest absolute Gasteiger partial charge is 0.412 e. The molecule has 0 saturated carbocycles. The number of nitrogens with zero attached hydrogens (tertiary/aromatic N) is 1. The van der Waals surface area contributed by atoms with Crippen molar-refractivity contribution in [1.82, 2.24) is 0 Å². The molecule has 3 N–H and O–H groups in total. The Hall–Kier alpha value is -4.07. The van der Waals surface area contributed by atoms with Crippen molar-refractivity contribution in [1.29, 1.82) is 0 Å². The van der Waals surface area contributed by atoms with Crippen LogP contribution in [0.25, 0.3) is 11.1 Å². The molecule has 3 aromatic rings. The normalized spacial score (nSPS) is 10.9. The van der Waals surface area contributed by atoms with Crippen molar-refractivity contribution in [3.63, 3.8) is 0 Å². The highest BCUT2D eigenvalue weighted by molar-refractivity contribution is 6.07. The van der Waals surface area contributed by atoms with Gasteiger partial charge in [0.15, 0.2) is 0 Å². The van der Waals surface area contributed by atoms with Gasteiger partial charge in [-0.15, -0.1) is 0 Å². The maximum atomic E-state index is 12.8. The molecular formula is C24H26N3O5+. The summed E-state index contributed by atoms with van der Waals surface area (Å²) in [5, 5.41) is 15.0. The van der Waals surface area contributed by atoms with Gasteiger partial charge in [-0.3, -0.25) is 15.3 Å². The Bertz CT molecular complexity index is 1100. The van der Waals surface area contributed by atoms with E-state index in [-0.39, 0.29) is 5.91 Å². The van der Waals surface area contributed by atoms with Crippen molar-refractivity contribution in [3.8, 4) is 16.9 Å². The fourth-order valence-corrected chi connectivity index (χ4v) is 2.90. The number of rotatable bonds is 5. The molecule has 0 atom stereocenters. The van der Waals surface area contributed by atoms with Crippen LogP contribution < -0.4 is 20.1 Å². The largest absolute Gasteiger partial charge is 0.497 e. The Kier molecular flexibility index (Phi) is 6.63. The van der Waals surface area contributed by atoms with Crippen molar-refractivity contribution in [2.24, 2.45) is 0 Å². The minimum atomic E-state index is -0.666. The lowest BCUT2D eigenvalue weighted by Gasteiger charge is -2.21. The molecule has 0 unspecified atom stereocenters. The minimum absolute atomic E-state index is 0.349. The van der Waals surface area contributed by atoms with Gasteiger partial charge in [-0.1, -0.05) is 6.07 Å². The van der Waals surface area contributed by atoms with E-state index in [1.54, 1.807) is 82.5 Å². The van der Waals surface area contributed by atoms with Crippen LogP contribution in [0.15, 0.2) is 67.0 Å². The van der Waals surface area contributed by atoms with E-state index in [0.29, 0.717) is 22.7 Å². The number of pyridine rings is 1. The molecule has 0 aliphatic heterocycles. The zero-order valence-electron chi connectivity index (χ0n) is 18.4. The van der Waals surface area contributed by atoms with Crippen LogP contribution in [0.4, 0.5) is 16.2 Å². The van der Waals surface area contributed by atoms with Crippen LogP contribution in [0.2, 0.25) is 0 Å². The van der Waals surface area contributed by atoms with Crippen LogP contribution in [0.1, 0.15) is 31.1 Å². The van der Waals surface area contributed by atoms with Gasteiger partial charge in [0.25, 0.3) is 5.91 Å². The van der Waals surface area contributed by atoms with E-state index >= 15 is 0 Å². The molecule has 8 nitrogen and oxygen atoms in total. The van der Waals surface area contributed by atoms with E-state index in [0.717, 1.165) is 15.9 Å². The molecule has 8 heteroatoms. The Balaban J connectivity index is 1.92. The Morgan fingerprint density at radius 2 is 1.53 bits per heavy atom. The van der Waals surface area contributed by atoms with Crippen LogP contribution in [-0.2, 0) is 4.74 Å². The van der Waals surface area contributed by atoms with Crippen LogP contribution in [0.3, 0.4) is 0 Å². The molecule has 0 radical (unpaired) electrons. The van der Waals surface area contributed by atoms with Crippen LogP contribution in [0.5, 0.6) is 5.75 Å². The number of hydrogen-bond donors (Lipinski definition) is 3. The molecule has 32 heavy (non-hydrogen) atoms. The predicted octanol–water partition coefficient (Wildman–Crippen LogP) is 4.49. The molecule has 1 heterocycles. The molecule has 0 bridgehead atoms. The van der Waals surface area contributed by atoms with E-state index in [4.69, 9.17) is 9.47 Å². The molecule has 2 amide bonds.